The third kappa shape index (κ3) is 4.93. The number of benzene rings is 8. The van der Waals surface area contributed by atoms with Crippen LogP contribution in [0, 0.1) is 0 Å². The molecule has 11 aromatic rings. The maximum Gasteiger partial charge on any atom is 0.0542 e. The van der Waals surface area contributed by atoms with Gasteiger partial charge in [-0.3, -0.25) is 0 Å². The number of para-hydroxylation sites is 2. The highest BCUT2D eigenvalue weighted by atomic mass is 32.1. The summed E-state index contributed by atoms with van der Waals surface area (Å²) in [5.41, 5.74) is 15.6. The molecular formula is C57H40N2S. The van der Waals surface area contributed by atoms with Crippen molar-refractivity contribution in [3.63, 3.8) is 0 Å². The lowest BCUT2D eigenvalue weighted by Crippen LogP contribution is -2.16. The molecule has 3 atom stereocenters. The third-order valence-electron chi connectivity index (χ3n) is 13.6. The molecule has 2 aliphatic rings. The van der Waals surface area contributed by atoms with E-state index in [-0.39, 0.29) is 11.8 Å². The normalized spacial score (nSPS) is 17.6. The molecule has 0 N–H and O–H groups in total. The molecule has 3 aromatic heterocycles. The summed E-state index contributed by atoms with van der Waals surface area (Å²) >= 11 is 1.89. The van der Waals surface area contributed by atoms with Gasteiger partial charge in [-0.05, 0) is 112 Å². The van der Waals surface area contributed by atoms with Crippen molar-refractivity contribution in [3.8, 4) is 16.8 Å². The van der Waals surface area contributed by atoms with Crippen molar-refractivity contribution in [3.05, 3.63) is 216 Å². The molecule has 8 aromatic carbocycles. The van der Waals surface area contributed by atoms with E-state index in [1.54, 1.807) is 0 Å². The Morgan fingerprint density at radius 3 is 1.85 bits per heavy atom. The molecule has 0 amide bonds. The van der Waals surface area contributed by atoms with E-state index in [0.29, 0.717) is 5.92 Å². The van der Waals surface area contributed by atoms with Crippen LogP contribution in [0.1, 0.15) is 53.4 Å². The smallest absolute Gasteiger partial charge is 0.0542 e. The predicted molar refractivity (Wildman–Crippen MR) is 256 cm³/mol. The molecule has 0 saturated carbocycles. The van der Waals surface area contributed by atoms with E-state index in [1.165, 1.54) is 109 Å². The molecule has 0 bridgehead atoms. The van der Waals surface area contributed by atoms with Crippen LogP contribution in [-0.2, 0) is 0 Å². The van der Waals surface area contributed by atoms with E-state index >= 15 is 0 Å². The molecule has 2 aliphatic carbocycles. The number of allylic oxidation sites excluding steroid dienone is 4. The molecule has 0 aliphatic heterocycles. The molecule has 3 unspecified atom stereocenters. The van der Waals surface area contributed by atoms with Gasteiger partial charge in [0.05, 0.1) is 22.1 Å². The lowest BCUT2D eigenvalue weighted by molar-refractivity contribution is 0.650. The number of thiophene rings is 1. The minimum atomic E-state index is 0.237. The van der Waals surface area contributed by atoms with E-state index in [0.717, 1.165) is 6.42 Å². The van der Waals surface area contributed by atoms with Gasteiger partial charge in [0.1, 0.15) is 0 Å². The summed E-state index contributed by atoms with van der Waals surface area (Å²) in [5.74, 6) is 0.842. The first-order valence-electron chi connectivity index (χ1n) is 21.2. The molecule has 60 heavy (non-hydrogen) atoms. The van der Waals surface area contributed by atoms with Gasteiger partial charge in [0.25, 0.3) is 0 Å². The lowest BCUT2D eigenvalue weighted by Gasteiger charge is -2.34. The van der Waals surface area contributed by atoms with Crippen LogP contribution in [0.4, 0.5) is 0 Å². The third-order valence-corrected chi connectivity index (χ3v) is 14.8. The summed E-state index contributed by atoms with van der Waals surface area (Å²) in [7, 11) is 0. The van der Waals surface area contributed by atoms with Gasteiger partial charge in [0.2, 0.25) is 0 Å². The first-order chi connectivity index (χ1) is 29.7. The average Bonchev–Trinajstić information content (AvgIpc) is 3.96. The topological polar surface area (TPSA) is 9.86 Å². The summed E-state index contributed by atoms with van der Waals surface area (Å²) in [6.07, 6.45) is 8.22. The van der Waals surface area contributed by atoms with Crippen molar-refractivity contribution in [2.24, 2.45) is 0 Å². The second kappa shape index (κ2) is 13.0. The van der Waals surface area contributed by atoms with Crippen LogP contribution in [-0.4, -0.2) is 9.13 Å². The number of aromatic nitrogens is 2. The molecule has 0 fully saturated rings. The Bertz CT molecular complexity index is 3570. The second-order valence-electron chi connectivity index (χ2n) is 16.8. The van der Waals surface area contributed by atoms with Crippen molar-refractivity contribution in [1.82, 2.24) is 9.13 Å². The van der Waals surface area contributed by atoms with E-state index < -0.39 is 0 Å². The van der Waals surface area contributed by atoms with Gasteiger partial charge in [-0.2, -0.15) is 0 Å². The largest absolute Gasteiger partial charge is 0.310 e. The number of rotatable bonds is 4. The average molecular weight is 785 g/mol. The molecule has 0 spiro atoms. The maximum atomic E-state index is 2.53. The van der Waals surface area contributed by atoms with Gasteiger partial charge in [-0.15, -0.1) is 11.3 Å². The predicted octanol–water partition coefficient (Wildman–Crippen LogP) is 15.8. The maximum absolute atomic E-state index is 2.53. The zero-order chi connectivity index (χ0) is 39.5. The highest BCUT2D eigenvalue weighted by Crippen LogP contribution is 2.50. The van der Waals surface area contributed by atoms with E-state index in [2.05, 4.69) is 210 Å². The quantitative estimate of drug-likeness (QED) is 0.168. The Morgan fingerprint density at radius 2 is 1.05 bits per heavy atom. The Labute approximate surface area is 352 Å². The van der Waals surface area contributed by atoms with Crippen molar-refractivity contribution >= 4 is 80.8 Å². The van der Waals surface area contributed by atoms with Crippen LogP contribution >= 0.6 is 11.3 Å². The van der Waals surface area contributed by atoms with Gasteiger partial charge in [-0.25, -0.2) is 0 Å². The Hall–Kier alpha value is -6.94. The van der Waals surface area contributed by atoms with Crippen LogP contribution in [0.25, 0.3) is 86.3 Å². The van der Waals surface area contributed by atoms with Crippen molar-refractivity contribution < 1.29 is 0 Å². The summed E-state index contributed by atoms with van der Waals surface area (Å²) in [6, 6.07) is 66.2. The van der Waals surface area contributed by atoms with Crippen molar-refractivity contribution in [2.75, 3.05) is 0 Å². The number of fused-ring (bicyclic) bond motifs is 12. The van der Waals surface area contributed by atoms with Crippen molar-refractivity contribution in [2.45, 2.75) is 31.1 Å². The summed E-state index contributed by atoms with van der Waals surface area (Å²) < 4.78 is 7.68. The van der Waals surface area contributed by atoms with Crippen LogP contribution < -0.4 is 0 Å². The van der Waals surface area contributed by atoms with E-state index in [4.69, 9.17) is 0 Å². The zero-order valence-corrected chi connectivity index (χ0v) is 34.0. The summed E-state index contributed by atoms with van der Waals surface area (Å²) in [6.45, 7) is 2.42. The van der Waals surface area contributed by atoms with Gasteiger partial charge >= 0.3 is 0 Å². The molecule has 3 heterocycles. The van der Waals surface area contributed by atoms with Gasteiger partial charge in [0, 0.05) is 64.9 Å². The number of hydrogen-bond acceptors (Lipinski definition) is 1. The molecule has 13 rings (SSSR count). The Kier molecular flexibility index (Phi) is 7.38. The molecule has 3 heteroatoms. The zero-order valence-electron chi connectivity index (χ0n) is 33.2. The standard InChI is InChI=1S/C57H40N2S/c1-35-41-15-2-3-16-42(41)43-17-4-5-21-47(43)57(35)38-25-28-53-48(33-38)49-34-40(59-51-22-9-6-18-44(51)45-19-7-10-23-52(45)59)27-29-54(49)58(53)39-14-12-13-36(31-39)37-26-30-56-50(32-37)46-20-8-11-24-55(46)60-56/h2-12,14-36,57H,13H2,1H3. The van der Waals surface area contributed by atoms with Crippen LogP contribution in [0.3, 0.4) is 0 Å². The minimum absolute atomic E-state index is 0.237. The highest BCUT2D eigenvalue weighted by Gasteiger charge is 2.32. The molecule has 0 saturated heterocycles. The number of nitrogens with zero attached hydrogens (tertiary/aromatic N) is 2. The van der Waals surface area contributed by atoms with Crippen LogP contribution in [0.5, 0.6) is 0 Å². The molecule has 2 nitrogen and oxygen atoms in total. The highest BCUT2D eigenvalue weighted by molar-refractivity contribution is 7.25. The lowest BCUT2D eigenvalue weighted by atomic mass is 9.69. The molecule has 284 valence electrons. The van der Waals surface area contributed by atoms with Crippen LogP contribution in [0.15, 0.2) is 194 Å². The monoisotopic (exact) mass is 784 g/mol. The second-order valence-corrected chi connectivity index (χ2v) is 17.9. The van der Waals surface area contributed by atoms with Crippen molar-refractivity contribution in [1.29, 1.82) is 0 Å². The SMILES string of the molecule is CC1c2ccccc2-c2ccccc2C1c1ccc2c(c1)c1cc(-n3c4ccccc4c4ccccc43)ccc1n2C1=CC(c2ccc3sc4ccccc4c3c2)CC=C1. The van der Waals surface area contributed by atoms with E-state index in [9.17, 15) is 0 Å². The van der Waals surface area contributed by atoms with Gasteiger partial charge in [-0.1, -0.05) is 134 Å². The van der Waals surface area contributed by atoms with Gasteiger partial charge < -0.3 is 9.13 Å². The summed E-state index contributed by atoms with van der Waals surface area (Å²) in [5, 5.41) is 7.83. The fourth-order valence-electron chi connectivity index (χ4n) is 10.9. The van der Waals surface area contributed by atoms with Crippen LogP contribution in [0.2, 0.25) is 0 Å². The molecular weight excluding hydrogens is 745 g/mol. The summed E-state index contributed by atoms with van der Waals surface area (Å²) in [4.78, 5) is 0. The fourth-order valence-corrected chi connectivity index (χ4v) is 12.0. The number of hydrogen-bond donors (Lipinski definition) is 0. The molecule has 0 radical (unpaired) electrons. The van der Waals surface area contributed by atoms with Gasteiger partial charge in [0.15, 0.2) is 0 Å². The fraction of sp³-hybridized carbons (Fsp3) is 0.0877. The first-order valence-corrected chi connectivity index (χ1v) is 22.0. The Morgan fingerprint density at radius 1 is 0.467 bits per heavy atom. The Balaban J connectivity index is 1.03. The minimum Gasteiger partial charge on any atom is -0.310 e. The van der Waals surface area contributed by atoms with E-state index in [1.807, 2.05) is 11.3 Å². The first kappa shape index (κ1) is 34.0.